The predicted octanol–water partition coefficient (Wildman–Crippen LogP) is 1.58. The first-order valence-electron chi connectivity index (χ1n) is 6.72. The Balaban J connectivity index is 1.94. The molecule has 0 saturated carbocycles. The number of carbonyl (C=O) groups is 1. The quantitative estimate of drug-likeness (QED) is 0.811. The number of amides is 1. The Labute approximate surface area is 127 Å². The molecule has 0 aliphatic heterocycles. The Kier molecular flexibility index (Phi) is 5.51. The van der Waals surface area contributed by atoms with Gasteiger partial charge in [-0.2, -0.15) is 0 Å². The van der Waals surface area contributed by atoms with Crippen molar-refractivity contribution in [1.29, 1.82) is 0 Å². The number of aromatic nitrogens is 4. The fraction of sp³-hybridized carbons (Fsp3) is 0.385. The fourth-order valence-electron chi connectivity index (χ4n) is 1.69. The average Bonchev–Trinajstić information content (AvgIpc) is 2.99. The second-order valence-corrected chi connectivity index (χ2v) is 4.81. The number of anilines is 1. The molecule has 1 amide bonds. The number of rotatable bonds is 7. The molecule has 112 valence electrons. The van der Waals surface area contributed by atoms with Crippen molar-refractivity contribution in [3.05, 3.63) is 35.2 Å². The van der Waals surface area contributed by atoms with Gasteiger partial charge < -0.3 is 10.6 Å². The van der Waals surface area contributed by atoms with Gasteiger partial charge in [0.1, 0.15) is 5.82 Å². The molecule has 2 rings (SSSR count). The number of halogens is 1. The summed E-state index contributed by atoms with van der Waals surface area (Å²) in [6, 6.07) is 1.66. The summed E-state index contributed by atoms with van der Waals surface area (Å²) in [6.07, 6.45) is 5.78. The molecule has 2 aromatic rings. The molecule has 0 saturated heterocycles. The molecule has 2 N–H and O–H groups in total. The van der Waals surface area contributed by atoms with Crippen molar-refractivity contribution in [2.45, 2.75) is 19.9 Å². The first-order chi connectivity index (χ1) is 10.2. The molecule has 7 nitrogen and oxygen atoms in total. The van der Waals surface area contributed by atoms with Gasteiger partial charge in [-0.15, -0.1) is 5.10 Å². The van der Waals surface area contributed by atoms with E-state index < -0.39 is 0 Å². The van der Waals surface area contributed by atoms with Crippen molar-refractivity contribution >= 4 is 23.3 Å². The molecule has 0 spiro atoms. The Morgan fingerprint density at radius 3 is 3.00 bits per heavy atom. The first kappa shape index (κ1) is 15.2. The van der Waals surface area contributed by atoms with Crippen LogP contribution >= 0.6 is 11.6 Å². The minimum atomic E-state index is -0.234. The maximum absolute atomic E-state index is 12.1. The number of hydrogen-bond acceptors (Lipinski definition) is 5. The van der Waals surface area contributed by atoms with E-state index in [-0.39, 0.29) is 5.91 Å². The molecular weight excluding hydrogens is 292 g/mol. The second-order valence-electron chi connectivity index (χ2n) is 4.40. The lowest BCUT2D eigenvalue weighted by atomic mass is 10.2. The zero-order valence-corrected chi connectivity index (χ0v) is 12.5. The average molecular weight is 309 g/mol. The number of nitrogens with zero attached hydrogens (tertiary/aromatic N) is 4. The largest absolute Gasteiger partial charge is 0.370 e. The number of carbonyl (C=O) groups excluding carboxylic acids is 1. The van der Waals surface area contributed by atoms with Crippen LogP contribution in [-0.4, -0.2) is 39.0 Å². The first-order valence-corrected chi connectivity index (χ1v) is 7.10. The van der Waals surface area contributed by atoms with Crippen LogP contribution in [0, 0.1) is 0 Å². The molecule has 0 unspecified atom stereocenters. The Morgan fingerprint density at radius 2 is 2.29 bits per heavy atom. The predicted molar refractivity (Wildman–Crippen MR) is 80.4 cm³/mol. The third-order valence-electron chi connectivity index (χ3n) is 2.75. The summed E-state index contributed by atoms with van der Waals surface area (Å²) in [4.78, 5) is 16.3. The van der Waals surface area contributed by atoms with Crippen LogP contribution in [0.3, 0.4) is 0 Å². The van der Waals surface area contributed by atoms with Gasteiger partial charge in [-0.05, 0) is 12.5 Å². The molecule has 2 aromatic heterocycles. The molecule has 0 radical (unpaired) electrons. The highest BCUT2D eigenvalue weighted by molar-refractivity contribution is 6.33. The zero-order valence-electron chi connectivity index (χ0n) is 11.7. The standard InChI is InChI=1S/C13H17ClN6O/c1-2-3-15-12-8-10(11(14)9-17-12)13(21)16-4-6-20-7-5-18-19-20/h5,7-9H,2-4,6H2,1H3,(H,15,17)(H,16,21). The molecule has 0 bridgehead atoms. The van der Waals surface area contributed by atoms with E-state index in [1.54, 1.807) is 23.1 Å². The molecular formula is C13H17ClN6O. The van der Waals surface area contributed by atoms with Crippen molar-refractivity contribution in [1.82, 2.24) is 25.3 Å². The summed E-state index contributed by atoms with van der Waals surface area (Å²) in [5, 5.41) is 13.8. The van der Waals surface area contributed by atoms with E-state index in [2.05, 4.69) is 32.9 Å². The molecule has 21 heavy (non-hydrogen) atoms. The van der Waals surface area contributed by atoms with E-state index in [9.17, 15) is 4.79 Å². The van der Waals surface area contributed by atoms with E-state index in [4.69, 9.17) is 11.6 Å². The molecule has 0 aliphatic carbocycles. The highest BCUT2D eigenvalue weighted by atomic mass is 35.5. The lowest BCUT2D eigenvalue weighted by molar-refractivity contribution is 0.0952. The topological polar surface area (TPSA) is 84.7 Å². The van der Waals surface area contributed by atoms with Gasteiger partial charge in [0.25, 0.3) is 5.91 Å². The minimum Gasteiger partial charge on any atom is -0.370 e. The monoisotopic (exact) mass is 308 g/mol. The zero-order chi connectivity index (χ0) is 15.1. The molecule has 0 aromatic carbocycles. The molecule has 8 heteroatoms. The molecule has 2 heterocycles. The van der Waals surface area contributed by atoms with Crippen molar-refractivity contribution < 1.29 is 4.79 Å². The third-order valence-corrected chi connectivity index (χ3v) is 3.06. The normalized spacial score (nSPS) is 10.4. The summed E-state index contributed by atoms with van der Waals surface area (Å²) in [6.45, 7) is 3.84. The van der Waals surface area contributed by atoms with E-state index in [1.807, 2.05) is 0 Å². The molecule has 0 fully saturated rings. The van der Waals surface area contributed by atoms with Gasteiger partial charge in [-0.25, -0.2) is 4.98 Å². The summed E-state index contributed by atoms with van der Waals surface area (Å²) < 4.78 is 1.64. The van der Waals surface area contributed by atoms with E-state index in [0.717, 1.165) is 13.0 Å². The van der Waals surface area contributed by atoms with Crippen LogP contribution in [0.1, 0.15) is 23.7 Å². The highest BCUT2D eigenvalue weighted by Crippen LogP contribution is 2.17. The molecule has 0 aliphatic rings. The maximum Gasteiger partial charge on any atom is 0.253 e. The van der Waals surface area contributed by atoms with Crippen molar-refractivity contribution in [3.63, 3.8) is 0 Å². The van der Waals surface area contributed by atoms with Crippen molar-refractivity contribution in [2.75, 3.05) is 18.4 Å². The van der Waals surface area contributed by atoms with Gasteiger partial charge in [-0.3, -0.25) is 9.48 Å². The minimum absolute atomic E-state index is 0.234. The Hall–Kier alpha value is -2.15. The fourth-order valence-corrected chi connectivity index (χ4v) is 1.88. The van der Waals surface area contributed by atoms with Crippen LogP contribution in [0.25, 0.3) is 0 Å². The maximum atomic E-state index is 12.1. The van der Waals surface area contributed by atoms with Crippen LogP contribution in [0.2, 0.25) is 5.02 Å². The van der Waals surface area contributed by atoms with Crippen LogP contribution in [0.15, 0.2) is 24.7 Å². The smallest absolute Gasteiger partial charge is 0.253 e. The van der Waals surface area contributed by atoms with Gasteiger partial charge in [0.15, 0.2) is 0 Å². The van der Waals surface area contributed by atoms with Gasteiger partial charge >= 0.3 is 0 Å². The van der Waals surface area contributed by atoms with Crippen molar-refractivity contribution in [3.8, 4) is 0 Å². The number of pyridine rings is 1. The number of hydrogen-bond donors (Lipinski definition) is 2. The number of nitrogens with one attached hydrogen (secondary N) is 2. The van der Waals surface area contributed by atoms with E-state index >= 15 is 0 Å². The van der Waals surface area contributed by atoms with Gasteiger partial charge in [0.2, 0.25) is 0 Å². The van der Waals surface area contributed by atoms with Crippen LogP contribution in [-0.2, 0) is 6.54 Å². The van der Waals surface area contributed by atoms with E-state index in [1.165, 1.54) is 6.20 Å². The van der Waals surface area contributed by atoms with Gasteiger partial charge in [0.05, 0.1) is 23.3 Å². The summed E-state index contributed by atoms with van der Waals surface area (Å²) in [5.41, 5.74) is 0.406. The lowest BCUT2D eigenvalue weighted by Crippen LogP contribution is -2.27. The van der Waals surface area contributed by atoms with E-state index in [0.29, 0.717) is 29.5 Å². The van der Waals surface area contributed by atoms with Crippen molar-refractivity contribution in [2.24, 2.45) is 0 Å². The Morgan fingerprint density at radius 1 is 1.43 bits per heavy atom. The Bertz CT molecular complexity index is 586. The summed E-state index contributed by atoms with van der Waals surface area (Å²) in [5.74, 6) is 0.407. The lowest BCUT2D eigenvalue weighted by Gasteiger charge is -2.09. The molecule has 0 atom stereocenters. The summed E-state index contributed by atoms with van der Waals surface area (Å²) in [7, 11) is 0. The highest BCUT2D eigenvalue weighted by Gasteiger charge is 2.11. The third kappa shape index (κ3) is 4.42. The van der Waals surface area contributed by atoms with Gasteiger partial charge in [0, 0.05) is 25.5 Å². The van der Waals surface area contributed by atoms with Crippen LogP contribution < -0.4 is 10.6 Å². The second kappa shape index (κ2) is 7.58. The SMILES string of the molecule is CCCNc1cc(C(=O)NCCn2ccnn2)c(Cl)cn1. The summed E-state index contributed by atoms with van der Waals surface area (Å²) >= 11 is 6.02. The van der Waals surface area contributed by atoms with Crippen LogP contribution in [0.4, 0.5) is 5.82 Å². The van der Waals surface area contributed by atoms with Gasteiger partial charge in [-0.1, -0.05) is 23.7 Å². The van der Waals surface area contributed by atoms with Crippen LogP contribution in [0.5, 0.6) is 0 Å².